The van der Waals surface area contributed by atoms with Crippen LogP contribution in [0.3, 0.4) is 0 Å². The third-order valence-corrected chi connectivity index (χ3v) is 3.91. The number of hydrogen-bond donors (Lipinski definition) is 1. The first-order valence-electron chi connectivity index (χ1n) is 6.32. The van der Waals surface area contributed by atoms with Crippen LogP contribution in [-0.2, 0) is 6.42 Å². The molecule has 2 unspecified atom stereocenters. The highest BCUT2D eigenvalue weighted by Gasteiger charge is 2.44. The third-order valence-electron chi connectivity index (χ3n) is 3.91. The summed E-state index contributed by atoms with van der Waals surface area (Å²) >= 11 is 0. The van der Waals surface area contributed by atoms with Gasteiger partial charge in [-0.15, -0.1) is 0 Å². The standard InChI is InChI=1S/C15H14N2O/c16-15-8-12(3-4-17-15)18-11-2-1-9-5-10-6-13(10)14(9)7-11/h1-4,7-8,10,13H,5-6H2,(H2,16,17). The molecule has 0 saturated heterocycles. The van der Waals surface area contributed by atoms with Gasteiger partial charge in [0.1, 0.15) is 17.3 Å². The molecule has 2 aliphatic carbocycles. The number of rotatable bonds is 2. The van der Waals surface area contributed by atoms with E-state index in [1.165, 1.54) is 24.0 Å². The van der Waals surface area contributed by atoms with Crippen molar-refractivity contribution in [1.29, 1.82) is 0 Å². The number of nitrogen functional groups attached to an aromatic ring is 1. The Kier molecular flexibility index (Phi) is 1.92. The van der Waals surface area contributed by atoms with Gasteiger partial charge in [0, 0.05) is 12.3 Å². The quantitative estimate of drug-likeness (QED) is 0.874. The molecule has 1 aromatic carbocycles. The average molecular weight is 238 g/mol. The van der Waals surface area contributed by atoms with Crippen LogP contribution in [0.2, 0.25) is 0 Å². The molecule has 2 aliphatic rings. The van der Waals surface area contributed by atoms with Crippen LogP contribution >= 0.6 is 0 Å². The molecule has 3 heteroatoms. The Labute approximate surface area is 106 Å². The summed E-state index contributed by atoms with van der Waals surface area (Å²) in [5.74, 6) is 3.83. The lowest BCUT2D eigenvalue weighted by Gasteiger charge is -2.09. The minimum Gasteiger partial charge on any atom is -0.457 e. The summed E-state index contributed by atoms with van der Waals surface area (Å²) < 4.78 is 5.83. The molecule has 0 radical (unpaired) electrons. The lowest BCUT2D eigenvalue weighted by Crippen LogP contribution is -1.92. The van der Waals surface area contributed by atoms with Gasteiger partial charge in [0.15, 0.2) is 0 Å². The highest BCUT2D eigenvalue weighted by molar-refractivity contribution is 5.47. The maximum absolute atomic E-state index is 5.83. The van der Waals surface area contributed by atoms with Gasteiger partial charge in [0.05, 0.1) is 0 Å². The van der Waals surface area contributed by atoms with Gasteiger partial charge in [-0.3, -0.25) is 0 Å². The summed E-state index contributed by atoms with van der Waals surface area (Å²) in [5, 5.41) is 0. The summed E-state index contributed by atoms with van der Waals surface area (Å²) in [6.45, 7) is 0. The number of benzene rings is 1. The molecular weight excluding hydrogens is 224 g/mol. The Morgan fingerprint density at radius 1 is 1.17 bits per heavy atom. The first-order chi connectivity index (χ1) is 8.79. The van der Waals surface area contributed by atoms with Crippen molar-refractivity contribution >= 4 is 5.82 Å². The van der Waals surface area contributed by atoms with E-state index in [9.17, 15) is 0 Å². The van der Waals surface area contributed by atoms with Crippen LogP contribution < -0.4 is 10.5 Å². The lowest BCUT2D eigenvalue weighted by molar-refractivity contribution is 0.481. The van der Waals surface area contributed by atoms with Gasteiger partial charge in [-0.1, -0.05) is 6.07 Å². The van der Waals surface area contributed by atoms with E-state index in [2.05, 4.69) is 17.1 Å². The smallest absolute Gasteiger partial charge is 0.132 e. The fourth-order valence-electron chi connectivity index (χ4n) is 2.93. The fourth-order valence-corrected chi connectivity index (χ4v) is 2.93. The van der Waals surface area contributed by atoms with E-state index >= 15 is 0 Å². The van der Waals surface area contributed by atoms with Gasteiger partial charge in [-0.25, -0.2) is 4.98 Å². The minimum atomic E-state index is 0.482. The Balaban J connectivity index is 1.64. The van der Waals surface area contributed by atoms with E-state index < -0.39 is 0 Å². The molecule has 1 heterocycles. The molecule has 2 atom stereocenters. The Bertz CT molecular complexity index is 624. The van der Waals surface area contributed by atoms with E-state index in [1.807, 2.05) is 12.1 Å². The number of nitrogens with two attached hydrogens (primary N) is 1. The van der Waals surface area contributed by atoms with Crippen molar-refractivity contribution in [1.82, 2.24) is 4.98 Å². The number of pyridine rings is 1. The van der Waals surface area contributed by atoms with Crippen molar-refractivity contribution < 1.29 is 4.74 Å². The minimum absolute atomic E-state index is 0.482. The van der Waals surface area contributed by atoms with Crippen molar-refractivity contribution in [2.75, 3.05) is 5.73 Å². The number of anilines is 1. The maximum atomic E-state index is 5.83. The molecule has 0 amide bonds. The molecule has 1 fully saturated rings. The second-order valence-corrected chi connectivity index (χ2v) is 5.19. The van der Waals surface area contributed by atoms with E-state index in [0.29, 0.717) is 5.82 Å². The molecule has 1 aromatic heterocycles. The number of hydrogen-bond acceptors (Lipinski definition) is 3. The van der Waals surface area contributed by atoms with Gasteiger partial charge in [0.2, 0.25) is 0 Å². The molecule has 0 spiro atoms. The van der Waals surface area contributed by atoms with E-state index in [-0.39, 0.29) is 0 Å². The second-order valence-electron chi connectivity index (χ2n) is 5.19. The summed E-state index contributed by atoms with van der Waals surface area (Å²) in [6, 6.07) is 9.99. The molecule has 90 valence electrons. The van der Waals surface area contributed by atoms with Crippen LogP contribution in [0.1, 0.15) is 23.5 Å². The van der Waals surface area contributed by atoms with Crippen LogP contribution in [0, 0.1) is 5.92 Å². The van der Waals surface area contributed by atoms with Gasteiger partial charge in [-0.2, -0.15) is 0 Å². The highest BCUT2D eigenvalue weighted by atomic mass is 16.5. The third kappa shape index (κ3) is 1.55. The largest absolute Gasteiger partial charge is 0.457 e. The zero-order chi connectivity index (χ0) is 12.1. The van der Waals surface area contributed by atoms with E-state index in [0.717, 1.165) is 23.3 Å². The van der Waals surface area contributed by atoms with Crippen molar-refractivity contribution in [2.45, 2.75) is 18.8 Å². The molecule has 2 N–H and O–H groups in total. The average Bonchev–Trinajstić information content (AvgIpc) is 3.03. The Morgan fingerprint density at radius 2 is 2.06 bits per heavy atom. The molecule has 3 nitrogen and oxygen atoms in total. The molecule has 0 bridgehead atoms. The van der Waals surface area contributed by atoms with Gasteiger partial charge < -0.3 is 10.5 Å². The normalized spacial score (nSPS) is 23.3. The first-order valence-corrected chi connectivity index (χ1v) is 6.32. The van der Waals surface area contributed by atoms with Crippen LogP contribution in [0.25, 0.3) is 0 Å². The van der Waals surface area contributed by atoms with Crippen LogP contribution in [0.4, 0.5) is 5.82 Å². The van der Waals surface area contributed by atoms with Crippen molar-refractivity contribution in [2.24, 2.45) is 5.92 Å². The number of nitrogens with zero attached hydrogens (tertiary/aromatic N) is 1. The predicted octanol–water partition coefficient (Wildman–Crippen LogP) is 3.12. The Hall–Kier alpha value is -2.03. The molecule has 18 heavy (non-hydrogen) atoms. The number of fused-ring (bicyclic) bond motifs is 3. The second kappa shape index (κ2) is 3.48. The van der Waals surface area contributed by atoms with Crippen LogP contribution in [-0.4, -0.2) is 4.98 Å². The van der Waals surface area contributed by atoms with Gasteiger partial charge >= 0.3 is 0 Å². The van der Waals surface area contributed by atoms with E-state index in [4.69, 9.17) is 10.5 Å². The predicted molar refractivity (Wildman–Crippen MR) is 69.7 cm³/mol. The summed E-state index contributed by atoms with van der Waals surface area (Å²) in [7, 11) is 0. The molecule has 1 saturated carbocycles. The summed E-state index contributed by atoms with van der Waals surface area (Å²) in [4.78, 5) is 3.96. The topological polar surface area (TPSA) is 48.1 Å². The Morgan fingerprint density at radius 3 is 2.94 bits per heavy atom. The number of ether oxygens (including phenoxy) is 1. The molecular formula is C15H14N2O. The first kappa shape index (κ1) is 9.95. The van der Waals surface area contributed by atoms with Crippen LogP contribution in [0.15, 0.2) is 36.5 Å². The lowest BCUT2D eigenvalue weighted by atomic mass is 10.1. The fraction of sp³-hybridized carbons (Fsp3) is 0.267. The summed E-state index contributed by atoms with van der Waals surface area (Å²) in [5.41, 5.74) is 8.62. The van der Waals surface area contributed by atoms with Crippen molar-refractivity contribution in [3.05, 3.63) is 47.7 Å². The summed E-state index contributed by atoms with van der Waals surface area (Å²) in [6.07, 6.45) is 4.27. The van der Waals surface area contributed by atoms with E-state index in [1.54, 1.807) is 12.3 Å². The number of aromatic nitrogens is 1. The molecule has 4 rings (SSSR count). The van der Waals surface area contributed by atoms with Crippen molar-refractivity contribution in [3.63, 3.8) is 0 Å². The van der Waals surface area contributed by atoms with Gasteiger partial charge in [0.25, 0.3) is 0 Å². The zero-order valence-corrected chi connectivity index (χ0v) is 9.97. The van der Waals surface area contributed by atoms with Crippen molar-refractivity contribution in [3.8, 4) is 11.5 Å². The maximum Gasteiger partial charge on any atom is 0.132 e. The zero-order valence-electron chi connectivity index (χ0n) is 9.97. The van der Waals surface area contributed by atoms with Crippen LogP contribution in [0.5, 0.6) is 11.5 Å². The molecule has 0 aliphatic heterocycles. The molecule has 2 aromatic rings. The highest BCUT2D eigenvalue weighted by Crippen LogP contribution is 2.56. The van der Waals surface area contributed by atoms with Gasteiger partial charge in [-0.05, 0) is 54.0 Å². The SMILES string of the molecule is Nc1cc(Oc2ccc3c(c2)C2CC2C3)ccn1. The monoisotopic (exact) mass is 238 g/mol.